The van der Waals surface area contributed by atoms with Crippen LogP contribution >= 0.6 is 0 Å². The number of nitrogens with zero attached hydrogens (tertiary/aromatic N) is 1. The molecule has 18 heavy (non-hydrogen) atoms. The second-order valence-electron chi connectivity index (χ2n) is 4.44. The van der Waals surface area contributed by atoms with Crippen molar-refractivity contribution in [2.75, 3.05) is 26.2 Å². The van der Waals surface area contributed by atoms with Gasteiger partial charge in [0, 0.05) is 12.8 Å². The molecular weight excluding hydrogens is 271 g/mol. The fourth-order valence-corrected chi connectivity index (χ4v) is 2.18. The lowest BCUT2D eigenvalue weighted by Crippen LogP contribution is -2.45. The zero-order chi connectivity index (χ0) is 14.4. The average Bonchev–Trinajstić information content (AvgIpc) is 2.65. The van der Waals surface area contributed by atoms with Gasteiger partial charge >= 0.3 is 5.51 Å². The van der Waals surface area contributed by atoms with Crippen molar-refractivity contribution in [2.24, 2.45) is 0 Å². The highest BCUT2D eigenvalue weighted by Crippen LogP contribution is 2.20. The van der Waals surface area contributed by atoms with Crippen LogP contribution in [-0.2, 0) is 10.1 Å². The highest BCUT2D eigenvalue weighted by Gasteiger charge is 2.36. The second kappa shape index (κ2) is 6.72. The summed E-state index contributed by atoms with van der Waals surface area (Å²) in [6.07, 6.45) is 4.29. The Morgan fingerprint density at radius 2 is 1.56 bits per heavy atom. The standard InChI is InChI=1S/C9H20N.CHF3O3S/c1-3-7-10(4-2)8-5-6-9-10;2-1(3,4)8(5,6)7/h3-9H2,1-2H3;(H,5,6,7)/q+1;/p-1. The molecule has 1 rings (SSSR count). The third-order valence-electron chi connectivity index (χ3n) is 3.17. The predicted octanol–water partition coefficient (Wildman–Crippen LogP) is 2.08. The summed E-state index contributed by atoms with van der Waals surface area (Å²) in [4.78, 5) is 0. The molecule has 1 fully saturated rings. The van der Waals surface area contributed by atoms with Gasteiger partial charge in [-0.1, -0.05) is 6.92 Å². The van der Waals surface area contributed by atoms with Gasteiger partial charge in [-0.25, -0.2) is 8.42 Å². The first-order valence-corrected chi connectivity index (χ1v) is 7.36. The smallest absolute Gasteiger partial charge is 0.485 e. The van der Waals surface area contributed by atoms with Crippen LogP contribution in [0.4, 0.5) is 13.2 Å². The van der Waals surface area contributed by atoms with Crippen LogP contribution < -0.4 is 0 Å². The van der Waals surface area contributed by atoms with E-state index in [1.165, 1.54) is 49.9 Å². The van der Waals surface area contributed by atoms with Gasteiger partial charge in [-0.2, -0.15) is 13.2 Å². The van der Waals surface area contributed by atoms with Crippen LogP contribution in [-0.4, -0.2) is 49.1 Å². The van der Waals surface area contributed by atoms with E-state index in [1.807, 2.05) is 0 Å². The van der Waals surface area contributed by atoms with Gasteiger partial charge in [-0.15, -0.1) is 0 Å². The normalized spacial score (nSPS) is 19.2. The average molecular weight is 291 g/mol. The Kier molecular flexibility index (Phi) is 6.59. The van der Waals surface area contributed by atoms with E-state index in [0.29, 0.717) is 0 Å². The number of hydrogen-bond donors (Lipinski definition) is 0. The number of halogens is 3. The molecule has 1 aliphatic heterocycles. The second-order valence-corrected chi connectivity index (χ2v) is 5.81. The monoisotopic (exact) mass is 291 g/mol. The van der Waals surface area contributed by atoms with Crippen molar-refractivity contribution in [3.05, 3.63) is 0 Å². The minimum absolute atomic E-state index is 1.36. The Morgan fingerprint density at radius 1 is 1.17 bits per heavy atom. The Hall–Kier alpha value is -0.340. The quantitative estimate of drug-likeness (QED) is 0.454. The topological polar surface area (TPSA) is 57.2 Å². The molecule has 0 aliphatic carbocycles. The minimum Gasteiger partial charge on any atom is -0.741 e. The lowest BCUT2D eigenvalue weighted by atomic mass is 10.3. The minimum atomic E-state index is -6.09. The van der Waals surface area contributed by atoms with Gasteiger partial charge in [0.1, 0.15) is 0 Å². The van der Waals surface area contributed by atoms with Crippen molar-refractivity contribution < 1.29 is 30.6 Å². The molecule has 110 valence electrons. The lowest BCUT2D eigenvalue weighted by molar-refractivity contribution is -0.915. The molecule has 1 saturated heterocycles. The fraction of sp³-hybridized carbons (Fsp3) is 1.00. The molecule has 0 aromatic heterocycles. The first-order valence-electron chi connectivity index (χ1n) is 5.95. The molecule has 0 atom stereocenters. The molecule has 0 unspecified atom stereocenters. The summed E-state index contributed by atoms with van der Waals surface area (Å²) in [5, 5.41) is 0. The molecule has 4 nitrogen and oxygen atoms in total. The SMILES string of the molecule is CCC[N+]1(CC)CCCC1.O=S(=O)([O-])C(F)(F)F. The molecule has 0 radical (unpaired) electrons. The van der Waals surface area contributed by atoms with E-state index in [1.54, 1.807) is 0 Å². The first kappa shape index (κ1) is 17.7. The highest BCUT2D eigenvalue weighted by molar-refractivity contribution is 7.86. The van der Waals surface area contributed by atoms with Crippen LogP contribution in [0.1, 0.15) is 33.1 Å². The highest BCUT2D eigenvalue weighted by atomic mass is 32.2. The molecule has 0 saturated carbocycles. The van der Waals surface area contributed by atoms with Crippen molar-refractivity contribution in [3.63, 3.8) is 0 Å². The Balaban J connectivity index is 0.000000331. The first-order chi connectivity index (χ1) is 8.08. The molecule has 0 bridgehead atoms. The summed E-state index contributed by atoms with van der Waals surface area (Å²) in [5.74, 6) is 0. The van der Waals surface area contributed by atoms with Crippen molar-refractivity contribution in [1.29, 1.82) is 0 Å². The maximum absolute atomic E-state index is 10.7. The molecular formula is C10H20F3NO3S. The molecule has 8 heteroatoms. The lowest BCUT2D eigenvalue weighted by Gasteiger charge is -2.32. The van der Waals surface area contributed by atoms with Crippen molar-refractivity contribution in [3.8, 4) is 0 Å². The molecule has 1 heterocycles. The number of likely N-dealkylation sites (tertiary alicyclic amines) is 1. The van der Waals surface area contributed by atoms with Gasteiger partial charge in [0.15, 0.2) is 10.1 Å². The van der Waals surface area contributed by atoms with E-state index in [0.717, 1.165) is 0 Å². The largest absolute Gasteiger partial charge is 0.741 e. The number of hydrogen-bond acceptors (Lipinski definition) is 3. The van der Waals surface area contributed by atoms with Gasteiger partial charge in [0.2, 0.25) is 0 Å². The summed E-state index contributed by atoms with van der Waals surface area (Å²) >= 11 is 0. The number of alkyl halides is 3. The van der Waals surface area contributed by atoms with Crippen molar-refractivity contribution >= 4 is 10.1 Å². The van der Waals surface area contributed by atoms with Crippen LogP contribution in [0, 0.1) is 0 Å². The van der Waals surface area contributed by atoms with Crippen LogP contribution in [0.3, 0.4) is 0 Å². The molecule has 0 N–H and O–H groups in total. The van der Waals surface area contributed by atoms with E-state index >= 15 is 0 Å². The third-order valence-corrected chi connectivity index (χ3v) is 3.73. The molecule has 1 aliphatic rings. The van der Waals surface area contributed by atoms with Crippen molar-refractivity contribution in [2.45, 2.75) is 38.6 Å². The Morgan fingerprint density at radius 3 is 1.78 bits per heavy atom. The van der Waals surface area contributed by atoms with E-state index in [9.17, 15) is 13.2 Å². The van der Waals surface area contributed by atoms with Crippen LogP contribution in [0.2, 0.25) is 0 Å². The molecule has 0 aromatic carbocycles. The number of rotatable bonds is 3. The van der Waals surface area contributed by atoms with Crippen molar-refractivity contribution in [1.82, 2.24) is 0 Å². The summed E-state index contributed by atoms with van der Waals surface area (Å²) in [5.41, 5.74) is -5.65. The summed E-state index contributed by atoms with van der Waals surface area (Å²) in [7, 11) is -6.09. The van der Waals surface area contributed by atoms with Gasteiger partial charge < -0.3 is 9.04 Å². The Bertz CT molecular complexity index is 335. The zero-order valence-electron chi connectivity index (χ0n) is 10.7. The predicted molar refractivity (Wildman–Crippen MR) is 60.7 cm³/mol. The van der Waals surface area contributed by atoms with Gasteiger partial charge in [-0.3, -0.25) is 0 Å². The summed E-state index contributed by atoms with van der Waals surface area (Å²) in [6, 6.07) is 0. The van der Waals surface area contributed by atoms with Gasteiger partial charge in [0.05, 0.1) is 26.2 Å². The number of quaternary nitrogens is 1. The summed E-state index contributed by atoms with van der Waals surface area (Å²) in [6.45, 7) is 10.3. The zero-order valence-corrected chi connectivity index (χ0v) is 11.5. The molecule has 0 aromatic rings. The molecule has 0 spiro atoms. The summed E-state index contributed by atoms with van der Waals surface area (Å²) < 4.78 is 60.3. The van der Waals surface area contributed by atoms with Crippen LogP contribution in [0.5, 0.6) is 0 Å². The Labute approximate surface area is 106 Å². The maximum Gasteiger partial charge on any atom is 0.485 e. The van der Waals surface area contributed by atoms with Gasteiger partial charge in [0.25, 0.3) is 0 Å². The molecule has 0 amide bonds. The maximum atomic E-state index is 10.7. The van der Waals surface area contributed by atoms with Crippen LogP contribution in [0.15, 0.2) is 0 Å². The van der Waals surface area contributed by atoms with E-state index in [2.05, 4.69) is 13.8 Å². The van der Waals surface area contributed by atoms with Gasteiger partial charge in [-0.05, 0) is 13.3 Å². The third kappa shape index (κ3) is 5.53. The fourth-order valence-electron chi connectivity index (χ4n) is 2.18. The van der Waals surface area contributed by atoms with E-state index < -0.39 is 15.6 Å². The van der Waals surface area contributed by atoms with E-state index in [-0.39, 0.29) is 0 Å². The van der Waals surface area contributed by atoms with E-state index in [4.69, 9.17) is 13.0 Å². The van der Waals surface area contributed by atoms with Crippen LogP contribution in [0.25, 0.3) is 0 Å².